The number of benzene rings is 4. The van der Waals surface area contributed by atoms with Crippen molar-refractivity contribution in [2.45, 2.75) is 33.1 Å². The van der Waals surface area contributed by atoms with Crippen LogP contribution in [0.2, 0.25) is 0 Å². The number of aryl methyl sites for hydroxylation is 1. The summed E-state index contributed by atoms with van der Waals surface area (Å²) < 4.78 is 31.2. The molecule has 0 aliphatic heterocycles. The zero-order valence-electron chi connectivity index (χ0n) is 26.8. The first kappa shape index (κ1) is 31.7. The Morgan fingerprint density at radius 1 is 0.729 bits per heavy atom. The number of nitrogens with zero attached hydrogens (tertiary/aromatic N) is 4. The number of hydrogen-bond acceptors (Lipinski definition) is 2. The Balaban J connectivity index is 0.00000364. The van der Waals surface area contributed by atoms with Gasteiger partial charge >= 0.3 is 21.1 Å². The summed E-state index contributed by atoms with van der Waals surface area (Å²) in [7, 11) is 0. The van der Waals surface area contributed by atoms with Crippen molar-refractivity contribution in [2.75, 3.05) is 0 Å². The van der Waals surface area contributed by atoms with E-state index in [0.29, 0.717) is 28.1 Å². The predicted octanol–water partition coefficient (Wildman–Crippen LogP) is 10.4. The van der Waals surface area contributed by atoms with Gasteiger partial charge in [-0.1, -0.05) is 110 Å². The predicted molar refractivity (Wildman–Crippen MR) is 186 cm³/mol. The maximum Gasteiger partial charge on any atom is 2.00 e. The molecule has 0 unspecified atom stereocenters. The largest absolute Gasteiger partial charge is 2.00 e. The van der Waals surface area contributed by atoms with Crippen LogP contribution in [0.3, 0.4) is 0 Å². The quantitative estimate of drug-likeness (QED) is 0.166. The molecule has 0 N–H and O–H groups in total. The van der Waals surface area contributed by atoms with Gasteiger partial charge < -0.3 is 9.55 Å². The van der Waals surface area contributed by atoms with Crippen molar-refractivity contribution in [2.24, 2.45) is 0 Å². The third-order valence-electron chi connectivity index (χ3n) is 8.85. The number of fused-ring (bicyclic) bond motifs is 4. The third kappa shape index (κ3) is 5.34. The Labute approximate surface area is 291 Å². The second-order valence-electron chi connectivity index (χ2n) is 13.0. The fourth-order valence-electron chi connectivity index (χ4n) is 6.41. The first-order valence-electron chi connectivity index (χ1n) is 15.6. The topological polar surface area (TPSA) is 44.8 Å². The summed E-state index contributed by atoms with van der Waals surface area (Å²) in [5, 5.41) is 4.25. The molecule has 4 nitrogen and oxygen atoms in total. The number of halogens is 2. The molecular weight excluding hydrogens is 782 g/mol. The summed E-state index contributed by atoms with van der Waals surface area (Å²) in [6.07, 6.45) is 1.71. The van der Waals surface area contributed by atoms with Crippen LogP contribution in [0.25, 0.3) is 72.2 Å². The third-order valence-corrected chi connectivity index (χ3v) is 8.85. The van der Waals surface area contributed by atoms with Gasteiger partial charge in [0.25, 0.3) is 0 Å². The van der Waals surface area contributed by atoms with Crippen LogP contribution in [0.15, 0.2) is 109 Å². The molecule has 0 spiro atoms. The standard InChI is InChI=1S/C41H30F2N4.Pt/c1-24-30-9-5-6-10-32(30)39(45-24)47-38-17-12-28(41(2,3)4)22-34(38)33-15-16-37(46-40(33)47)27-20-25(31-14-13-29(42)23-35(31)43)19-26(21-27)36-11-7-8-18-44-36;/h5-20,22-23H,1-4H3;/q-2;+2. The van der Waals surface area contributed by atoms with Crippen molar-refractivity contribution < 1.29 is 29.8 Å². The molecule has 0 radical (unpaired) electrons. The molecule has 8 aromatic rings. The first-order valence-corrected chi connectivity index (χ1v) is 15.6. The van der Waals surface area contributed by atoms with E-state index in [1.165, 1.54) is 17.7 Å². The maximum absolute atomic E-state index is 15.1. The first-order chi connectivity index (χ1) is 22.7. The Hall–Kier alpha value is -4.93. The molecule has 0 atom stereocenters. The van der Waals surface area contributed by atoms with Crippen LogP contribution in [-0.2, 0) is 26.5 Å². The molecule has 0 saturated carbocycles. The van der Waals surface area contributed by atoms with Crippen molar-refractivity contribution in [3.05, 3.63) is 138 Å². The van der Waals surface area contributed by atoms with Gasteiger partial charge in [-0.2, -0.15) is 0 Å². The van der Waals surface area contributed by atoms with Gasteiger partial charge in [-0.15, -0.1) is 18.2 Å². The smallest absolute Gasteiger partial charge is 0.439 e. The molecule has 0 aliphatic rings. The van der Waals surface area contributed by atoms with Crippen LogP contribution in [0.1, 0.15) is 32.0 Å². The van der Waals surface area contributed by atoms with Crippen molar-refractivity contribution in [3.8, 4) is 39.5 Å². The number of rotatable bonds is 4. The van der Waals surface area contributed by atoms with Crippen LogP contribution >= 0.6 is 0 Å². The average molecular weight is 812 g/mol. The minimum atomic E-state index is -0.642. The molecule has 0 bridgehead atoms. The number of hydrogen-bond donors (Lipinski definition) is 0. The van der Waals surface area contributed by atoms with Gasteiger partial charge in [0.05, 0.1) is 5.65 Å². The Bertz CT molecular complexity index is 2490. The Morgan fingerprint density at radius 3 is 2.21 bits per heavy atom. The number of pyridine rings is 2. The van der Waals surface area contributed by atoms with Crippen LogP contribution in [0, 0.1) is 24.6 Å². The van der Waals surface area contributed by atoms with Gasteiger partial charge in [-0.05, 0) is 63.6 Å². The molecule has 0 aliphatic carbocycles. The van der Waals surface area contributed by atoms with E-state index in [1.807, 2.05) is 55.5 Å². The molecule has 8 rings (SSSR count). The zero-order chi connectivity index (χ0) is 32.4. The van der Waals surface area contributed by atoms with E-state index >= 15 is 4.39 Å². The molecule has 4 aromatic heterocycles. The van der Waals surface area contributed by atoms with Gasteiger partial charge in [0, 0.05) is 34.6 Å². The zero-order valence-corrected chi connectivity index (χ0v) is 29.0. The molecule has 238 valence electrons. The van der Waals surface area contributed by atoms with E-state index in [2.05, 4.69) is 72.8 Å². The van der Waals surface area contributed by atoms with E-state index in [1.54, 1.807) is 6.20 Å². The molecular formula is C41H30F2N4Pt. The normalized spacial score (nSPS) is 11.8. The van der Waals surface area contributed by atoms with Gasteiger partial charge in [0.1, 0.15) is 11.6 Å². The van der Waals surface area contributed by atoms with Crippen molar-refractivity contribution >= 4 is 32.7 Å². The molecule has 4 aromatic carbocycles. The van der Waals surface area contributed by atoms with Gasteiger partial charge in [0.15, 0.2) is 0 Å². The summed E-state index contributed by atoms with van der Waals surface area (Å²) in [6, 6.07) is 35.4. The molecule has 4 heterocycles. The molecule has 48 heavy (non-hydrogen) atoms. The van der Waals surface area contributed by atoms with E-state index in [-0.39, 0.29) is 32.0 Å². The number of aromatic nitrogens is 4. The SMILES string of the molecule is Cc1[n-]c(-n2c3ccc(C(C)(C)C)cc3c3ccc(-c4[c-]c(-c5ccccn5)cc(-c5ccc(F)cc5F)c4)nc32)c2ccccc12.[Pt+2]. The minimum absolute atomic E-state index is 0. The maximum atomic E-state index is 15.1. The van der Waals surface area contributed by atoms with Crippen molar-refractivity contribution in [1.82, 2.24) is 19.5 Å². The summed E-state index contributed by atoms with van der Waals surface area (Å²) in [4.78, 5) is 14.9. The molecule has 0 fully saturated rings. The van der Waals surface area contributed by atoms with E-state index in [4.69, 9.17) is 9.97 Å². The molecule has 0 amide bonds. The second-order valence-corrected chi connectivity index (χ2v) is 13.0. The molecule has 7 heteroatoms. The van der Waals surface area contributed by atoms with Crippen LogP contribution in [-0.4, -0.2) is 14.5 Å². The fraction of sp³-hybridized carbons (Fsp3) is 0.122. The van der Waals surface area contributed by atoms with Crippen LogP contribution < -0.4 is 4.98 Å². The van der Waals surface area contributed by atoms with E-state index < -0.39 is 11.6 Å². The van der Waals surface area contributed by atoms with E-state index in [9.17, 15) is 4.39 Å². The molecule has 0 saturated heterocycles. The minimum Gasteiger partial charge on any atom is -0.439 e. The summed E-state index contributed by atoms with van der Waals surface area (Å²) in [5.41, 5.74) is 7.47. The van der Waals surface area contributed by atoms with E-state index in [0.717, 1.165) is 50.3 Å². The fourth-order valence-corrected chi connectivity index (χ4v) is 6.41. The van der Waals surface area contributed by atoms with Gasteiger partial charge in [0.2, 0.25) is 0 Å². The van der Waals surface area contributed by atoms with Crippen molar-refractivity contribution in [3.63, 3.8) is 0 Å². The van der Waals surface area contributed by atoms with Crippen molar-refractivity contribution in [1.29, 1.82) is 0 Å². The van der Waals surface area contributed by atoms with Gasteiger partial charge in [-0.25, -0.2) is 8.78 Å². The Kier molecular flexibility index (Phi) is 7.88. The Morgan fingerprint density at radius 2 is 1.48 bits per heavy atom. The van der Waals surface area contributed by atoms with Gasteiger partial charge in [-0.3, -0.25) is 9.97 Å². The van der Waals surface area contributed by atoms with Crippen LogP contribution in [0.4, 0.5) is 8.78 Å². The van der Waals surface area contributed by atoms with Crippen LogP contribution in [0.5, 0.6) is 0 Å². The summed E-state index contributed by atoms with van der Waals surface area (Å²) >= 11 is 0. The summed E-state index contributed by atoms with van der Waals surface area (Å²) in [5.74, 6) is -0.444. The monoisotopic (exact) mass is 811 g/mol. The average Bonchev–Trinajstić information content (AvgIpc) is 3.57. The second kappa shape index (κ2) is 11.9. The summed E-state index contributed by atoms with van der Waals surface area (Å²) in [6.45, 7) is 8.67.